The maximum atomic E-state index is 13.2. The van der Waals surface area contributed by atoms with Crippen LogP contribution in [0.1, 0.15) is 16.7 Å². The van der Waals surface area contributed by atoms with E-state index in [1.165, 1.54) is 6.07 Å². The zero-order chi connectivity index (χ0) is 15.0. The van der Waals surface area contributed by atoms with Crippen molar-refractivity contribution in [3.63, 3.8) is 0 Å². The molecule has 2 nitrogen and oxygen atoms in total. The predicted molar refractivity (Wildman–Crippen MR) is 88.1 cm³/mol. The van der Waals surface area contributed by atoms with Crippen LogP contribution in [-0.4, -0.2) is 9.56 Å². The fourth-order valence-electron chi connectivity index (χ4n) is 2.60. The van der Waals surface area contributed by atoms with Gasteiger partial charge < -0.3 is 10.3 Å². The third kappa shape index (κ3) is 2.54. The van der Waals surface area contributed by atoms with Crippen molar-refractivity contribution in [2.45, 2.75) is 13.5 Å². The Bertz CT molecular complexity index is 836. The summed E-state index contributed by atoms with van der Waals surface area (Å²) in [6.45, 7) is 2.61. The van der Waals surface area contributed by atoms with Crippen molar-refractivity contribution in [3.8, 4) is 0 Å². The largest absolute Gasteiger partial charge is 0.389 e. The van der Waals surface area contributed by atoms with Gasteiger partial charge in [-0.25, -0.2) is 4.39 Å². The zero-order valence-corrected chi connectivity index (χ0v) is 12.5. The normalized spacial score (nSPS) is 11.0. The van der Waals surface area contributed by atoms with Crippen LogP contribution in [-0.2, 0) is 6.54 Å². The quantitative estimate of drug-likeness (QED) is 0.746. The molecule has 0 fully saturated rings. The SMILES string of the molecule is Cc1cc(F)ccc1Cn1ccc2c(C(N)=S)cccc21. The third-order valence-corrected chi connectivity index (χ3v) is 3.94. The first-order chi connectivity index (χ1) is 10.1. The number of hydrogen-bond donors (Lipinski definition) is 1. The van der Waals surface area contributed by atoms with E-state index in [9.17, 15) is 4.39 Å². The van der Waals surface area contributed by atoms with E-state index in [0.717, 1.165) is 27.6 Å². The molecule has 3 aromatic rings. The summed E-state index contributed by atoms with van der Waals surface area (Å²) < 4.78 is 15.3. The van der Waals surface area contributed by atoms with Crippen LogP contribution in [0, 0.1) is 12.7 Å². The summed E-state index contributed by atoms with van der Waals surface area (Å²) in [6.07, 6.45) is 2.01. The summed E-state index contributed by atoms with van der Waals surface area (Å²) in [5.41, 5.74) is 9.76. The number of halogens is 1. The molecule has 0 saturated carbocycles. The lowest BCUT2D eigenvalue weighted by Crippen LogP contribution is -2.09. The summed E-state index contributed by atoms with van der Waals surface area (Å²) in [5.74, 6) is -0.204. The molecule has 0 radical (unpaired) electrons. The average molecular weight is 298 g/mol. The van der Waals surface area contributed by atoms with E-state index in [4.69, 9.17) is 18.0 Å². The molecule has 4 heteroatoms. The Kier molecular flexibility index (Phi) is 3.47. The number of hydrogen-bond acceptors (Lipinski definition) is 1. The molecule has 0 unspecified atom stereocenters. The Labute approximate surface area is 128 Å². The molecule has 0 aliphatic carbocycles. The molecule has 0 spiro atoms. The highest BCUT2D eigenvalue weighted by Crippen LogP contribution is 2.22. The van der Waals surface area contributed by atoms with Crippen molar-refractivity contribution in [2.24, 2.45) is 5.73 Å². The molecule has 106 valence electrons. The first kappa shape index (κ1) is 13.8. The van der Waals surface area contributed by atoms with Crippen LogP contribution in [0.15, 0.2) is 48.7 Å². The number of nitrogens with zero attached hydrogens (tertiary/aromatic N) is 1. The van der Waals surface area contributed by atoms with Crippen molar-refractivity contribution < 1.29 is 4.39 Å². The maximum absolute atomic E-state index is 13.2. The number of fused-ring (bicyclic) bond motifs is 1. The van der Waals surface area contributed by atoms with Crippen molar-refractivity contribution in [2.75, 3.05) is 0 Å². The lowest BCUT2D eigenvalue weighted by molar-refractivity contribution is 0.625. The minimum atomic E-state index is -0.204. The molecule has 1 aromatic heterocycles. The molecule has 0 aliphatic rings. The van der Waals surface area contributed by atoms with Gasteiger partial charge in [0.1, 0.15) is 10.8 Å². The first-order valence-corrected chi connectivity index (χ1v) is 7.10. The van der Waals surface area contributed by atoms with Gasteiger partial charge in [0.25, 0.3) is 0 Å². The fraction of sp³-hybridized carbons (Fsp3) is 0.118. The van der Waals surface area contributed by atoms with Crippen LogP contribution in [0.4, 0.5) is 4.39 Å². The second kappa shape index (κ2) is 5.30. The van der Waals surface area contributed by atoms with E-state index in [2.05, 4.69) is 4.57 Å². The smallest absolute Gasteiger partial charge is 0.123 e. The number of aryl methyl sites for hydroxylation is 1. The summed E-state index contributed by atoms with van der Waals surface area (Å²) in [7, 11) is 0. The summed E-state index contributed by atoms with van der Waals surface area (Å²) in [5, 5.41) is 1.05. The number of aromatic nitrogens is 1. The Morgan fingerprint density at radius 1 is 1.24 bits per heavy atom. The van der Waals surface area contributed by atoms with Gasteiger partial charge in [-0.15, -0.1) is 0 Å². The summed E-state index contributed by atoms with van der Waals surface area (Å²) >= 11 is 5.09. The third-order valence-electron chi connectivity index (χ3n) is 3.72. The Morgan fingerprint density at radius 2 is 2.05 bits per heavy atom. The number of thiocarbonyl (C=S) groups is 1. The van der Waals surface area contributed by atoms with Gasteiger partial charge in [0.05, 0.1) is 0 Å². The Hall–Kier alpha value is -2.20. The highest BCUT2D eigenvalue weighted by molar-refractivity contribution is 7.80. The maximum Gasteiger partial charge on any atom is 0.123 e. The van der Waals surface area contributed by atoms with Crippen LogP contribution in [0.3, 0.4) is 0 Å². The summed E-state index contributed by atoms with van der Waals surface area (Å²) in [4.78, 5) is 0.399. The molecule has 2 aromatic carbocycles. The van der Waals surface area contributed by atoms with Crippen LogP contribution < -0.4 is 5.73 Å². The topological polar surface area (TPSA) is 30.9 Å². The van der Waals surface area contributed by atoms with Gasteiger partial charge in [-0.1, -0.05) is 30.4 Å². The molecule has 0 bridgehead atoms. The van der Waals surface area contributed by atoms with Gasteiger partial charge in [0.15, 0.2) is 0 Å². The van der Waals surface area contributed by atoms with Gasteiger partial charge in [-0.3, -0.25) is 0 Å². The molecule has 3 rings (SSSR count). The van der Waals surface area contributed by atoms with Gasteiger partial charge in [-0.2, -0.15) is 0 Å². The monoisotopic (exact) mass is 298 g/mol. The Morgan fingerprint density at radius 3 is 2.76 bits per heavy atom. The lowest BCUT2D eigenvalue weighted by atomic mass is 10.1. The molecule has 21 heavy (non-hydrogen) atoms. The van der Waals surface area contributed by atoms with Crippen LogP contribution in [0.5, 0.6) is 0 Å². The average Bonchev–Trinajstić information content (AvgIpc) is 2.85. The second-order valence-electron chi connectivity index (χ2n) is 5.12. The first-order valence-electron chi connectivity index (χ1n) is 6.69. The van der Waals surface area contributed by atoms with E-state index >= 15 is 0 Å². The van der Waals surface area contributed by atoms with Gasteiger partial charge in [0, 0.05) is 29.2 Å². The molecule has 0 saturated heterocycles. The molecule has 0 atom stereocenters. The van der Waals surface area contributed by atoms with E-state index in [-0.39, 0.29) is 5.82 Å². The number of rotatable bonds is 3. The number of nitrogens with two attached hydrogens (primary N) is 1. The zero-order valence-electron chi connectivity index (χ0n) is 11.6. The minimum Gasteiger partial charge on any atom is -0.389 e. The van der Waals surface area contributed by atoms with E-state index in [1.807, 2.05) is 43.5 Å². The molecule has 0 amide bonds. The van der Waals surface area contributed by atoms with Crippen molar-refractivity contribution in [3.05, 3.63) is 71.2 Å². The highest BCUT2D eigenvalue weighted by atomic mass is 32.1. The van der Waals surface area contributed by atoms with Crippen molar-refractivity contribution in [1.29, 1.82) is 0 Å². The highest BCUT2D eigenvalue weighted by Gasteiger charge is 2.08. The van der Waals surface area contributed by atoms with Crippen LogP contribution in [0.25, 0.3) is 10.9 Å². The van der Waals surface area contributed by atoms with Crippen LogP contribution >= 0.6 is 12.2 Å². The molecule has 1 heterocycles. The molecular weight excluding hydrogens is 283 g/mol. The predicted octanol–water partition coefficient (Wildman–Crippen LogP) is 3.77. The van der Waals surface area contributed by atoms with Crippen LogP contribution in [0.2, 0.25) is 0 Å². The molecular formula is C17H15FN2S. The fourth-order valence-corrected chi connectivity index (χ4v) is 2.77. The van der Waals surface area contributed by atoms with Gasteiger partial charge in [0.2, 0.25) is 0 Å². The Balaban J connectivity index is 2.06. The summed E-state index contributed by atoms with van der Waals surface area (Å²) in [6, 6.07) is 12.8. The molecule has 2 N–H and O–H groups in total. The lowest BCUT2D eigenvalue weighted by Gasteiger charge is -2.09. The van der Waals surface area contributed by atoms with Gasteiger partial charge in [-0.05, 0) is 42.3 Å². The number of benzene rings is 2. The van der Waals surface area contributed by atoms with E-state index < -0.39 is 0 Å². The standard InChI is InChI=1S/C17H15FN2S/c1-11-9-13(18)6-5-12(11)10-20-8-7-14-15(17(19)21)3-2-4-16(14)20/h2-9H,10H2,1H3,(H2,19,21). The molecule has 0 aliphatic heterocycles. The van der Waals surface area contributed by atoms with E-state index in [0.29, 0.717) is 11.5 Å². The minimum absolute atomic E-state index is 0.204. The van der Waals surface area contributed by atoms with Crippen molar-refractivity contribution in [1.82, 2.24) is 4.57 Å². The van der Waals surface area contributed by atoms with Crippen molar-refractivity contribution >= 4 is 28.1 Å². The van der Waals surface area contributed by atoms with Gasteiger partial charge >= 0.3 is 0 Å². The van der Waals surface area contributed by atoms with E-state index in [1.54, 1.807) is 6.07 Å². The second-order valence-corrected chi connectivity index (χ2v) is 5.56.